The highest BCUT2D eigenvalue weighted by Gasteiger charge is 2.40. The largest absolute Gasteiger partial charge is 0.480 e. The van der Waals surface area contributed by atoms with Crippen LogP contribution in [0, 0.1) is 0 Å². The summed E-state index contributed by atoms with van der Waals surface area (Å²) in [5.74, 6) is -1.21. The maximum Gasteiger partial charge on any atom is 0.332 e. The maximum absolute atomic E-state index is 12.6. The van der Waals surface area contributed by atoms with E-state index in [-0.39, 0.29) is 13.1 Å². The van der Waals surface area contributed by atoms with Crippen molar-refractivity contribution in [2.24, 2.45) is 0 Å². The third-order valence-corrected chi connectivity index (χ3v) is 4.95. The summed E-state index contributed by atoms with van der Waals surface area (Å²) in [4.78, 5) is 15.2. The number of nitrogens with zero attached hydrogens (tertiary/aromatic N) is 2. The molecule has 8 nitrogen and oxygen atoms in total. The number of nitrogens with one attached hydrogen (secondary N) is 1. The van der Waals surface area contributed by atoms with Crippen LogP contribution in [-0.4, -0.2) is 54.5 Å². The van der Waals surface area contributed by atoms with Gasteiger partial charge in [0, 0.05) is 19.6 Å². The summed E-state index contributed by atoms with van der Waals surface area (Å²) in [7, 11) is -4.08. The van der Waals surface area contributed by atoms with E-state index in [0.717, 1.165) is 4.31 Å². The van der Waals surface area contributed by atoms with Crippen LogP contribution in [0.2, 0.25) is 0 Å². The molecule has 112 valence electrons. The normalized spacial score (nSPS) is 20.7. The molecule has 2 aromatic rings. The molecule has 2 N–H and O–H groups in total. The summed E-state index contributed by atoms with van der Waals surface area (Å²) in [5, 5.41) is 11.5. The van der Waals surface area contributed by atoms with Gasteiger partial charge in [-0.2, -0.15) is 9.29 Å². The van der Waals surface area contributed by atoms with Crippen LogP contribution < -0.4 is 5.32 Å². The van der Waals surface area contributed by atoms with Crippen LogP contribution in [0.25, 0.3) is 11.1 Å². The first-order chi connectivity index (χ1) is 10.00. The van der Waals surface area contributed by atoms with Crippen molar-refractivity contribution < 1.29 is 22.7 Å². The molecule has 21 heavy (non-hydrogen) atoms. The summed E-state index contributed by atoms with van der Waals surface area (Å²) in [6.45, 7) is 0.482. The number of para-hydroxylation sites is 2. The van der Waals surface area contributed by atoms with Crippen molar-refractivity contribution in [3.63, 3.8) is 0 Å². The molecule has 0 spiro atoms. The van der Waals surface area contributed by atoms with Crippen LogP contribution in [0.4, 0.5) is 0 Å². The van der Waals surface area contributed by atoms with Crippen molar-refractivity contribution in [1.29, 1.82) is 0 Å². The molecule has 9 heteroatoms. The molecule has 1 fully saturated rings. The molecule has 0 radical (unpaired) electrons. The number of carboxylic acid groups (broad SMARTS) is 1. The van der Waals surface area contributed by atoms with E-state index in [0.29, 0.717) is 17.6 Å². The molecule has 0 aliphatic carbocycles. The van der Waals surface area contributed by atoms with Crippen molar-refractivity contribution in [3.8, 4) is 0 Å². The number of rotatable bonds is 3. The summed E-state index contributed by atoms with van der Waals surface area (Å²) >= 11 is 0. The zero-order valence-corrected chi connectivity index (χ0v) is 11.7. The third kappa shape index (κ3) is 2.39. The van der Waals surface area contributed by atoms with Crippen LogP contribution in [0.15, 0.2) is 33.9 Å². The van der Waals surface area contributed by atoms with E-state index in [1.807, 2.05) is 0 Å². The molecule has 0 amide bonds. The van der Waals surface area contributed by atoms with E-state index in [9.17, 15) is 13.2 Å². The molecular weight excluding hydrogens is 298 g/mol. The molecule has 3 rings (SSSR count). The lowest BCUT2D eigenvalue weighted by molar-refractivity contribution is -0.141. The number of hydrogen-bond donors (Lipinski definition) is 2. The summed E-state index contributed by atoms with van der Waals surface area (Å²) in [5.41, 5.74) is 0.760. The Labute approximate surface area is 120 Å². The zero-order chi connectivity index (χ0) is 15.0. The van der Waals surface area contributed by atoms with Gasteiger partial charge in [0.2, 0.25) is 0 Å². The zero-order valence-electron chi connectivity index (χ0n) is 10.9. The van der Waals surface area contributed by atoms with Gasteiger partial charge in [0.1, 0.15) is 11.6 Å². The van der Waals surface area contributed by atoms with Crippen LogP contribution in [0.3, 0.4) is 0 Å². The fourth-order valence-electron chi connectivity index (χ4n) is 2.25. The van der Waals surface area contributed by atoms with E-state index >= 15 is 0 Å². The molecule has 1 aromatic heterocycles. The minimum atomic E-state index is -4.08. The average Bonchev–Trinajstić information content (AvgIpc) is 2.92. The molecule has 2 heterocycles. The van der Waals surface area contributed by atoms with Gasteiger partial charge in [-0.25, -0.2) is 8.42 Å². The van der Waals surface area contributed by atoms with Gasteiger partial charge >= 0.3 is 11.2 Å². The summed E-state index contributed by atoms with van der Waals surface area (Å²) in [6, 6.07) is 5.48. The molecule has 1 aromatic carbocycles. The summed E-state index contributed by atoms with van der Waals surface area (Å²) in [6.07, 6.45) is 0. The van der Waals surface area contributed by atoms with Crippen molar-refractivity contribution >= 4 is 27.1 Å². The van der Waals surface area contributed by atoms with Gasteiger partial charge in [-0.1, -0.05) is 12.1 Å². The number of oxazole rings is 1. The molecular formula is C12H13N3O5S. The van der Waals surface area contributed by atoms with E-state index in [4.69, 9.17) is 9.52 Å². The van der Waals surface area contributed by atoms with Crippen molar-refractivity contribution in [3.05, 3.63) is 24.3 Å². The molecule has 1 aliphatic rings. The lowest BCUT2D eigenvalue weighted by Gasteiger charge is -2.31. The Kier molecular flexibility index (Phi) is 3.40. The first kappa shape index (κ1) is 14.0. The van der Waals surface area contributed by atoms with Crippen molar-refractivity contribution in [1.82, 2.24) is 14.6 Å². The first-order valence-corrected chi connectivity index (χ1v) is 7.75. The number of sulfonamides is 1. The molecule has 1 aliphatic heterocycles. The monoisotopic (exact) mass is 311 g/mol. The Bertz CT molecular complexity index is 752. The van der Waals surface area contributed by atoms with E-state index in [1.165, 1.54) is 0 Å². The van der Waals surface area contributed by atoms with Crippen LogP contribution in [0.1, 0.15) is 0 Å². The summed E-state index contributed by atoms with van der Waals surface area (Å²) < 4.78 is 31.3. The molecule has 0 saturated carbocycles. The van der Waals surface area contributed by atoms with Gasteiger partial charge < -0.3 is 14.8 Å². The van der Waals surface area contributed by atoms with Gasteiger partial charge in [-0.3, -0.25) is 4.79 Å². The molecule has 0 unspecified atom stereocenters. The molecule has 1 atom stereocenters. The number of aromatic nitrogens is 1. The quantitative estimate of drug-likeness (QED) is 0.812. The molecule has 1 saturated heterocycles. The smallest absolute Gasteiger partial charge is 0.332 e. The van der Waals surface area contributed by atoms with E-state index in [2.05, 4.69) is 10.3 Å². The number of hydrogen-bond acceptors (Lipinski definition) is 6. The minimum Gasteiger partial charge on any atom is -0.480 e. The van der Waals surface area contributed by atoms with Crippen molar-refractivity contribution in [2.75, 3.05) is 19.6 Å². The fourth-order valence-corrected chi connectivity index (χ4v) is 3.69. The van der Waals surface area contributed by atoms with Gasteiger partial charge in [0.15, 0.2) is 5.58 Å². The Morgan fingerprint density at radius 1 is 1.43 bits per heavy atom. The Hall–Kier alpha value is -1.97. The van der Waals surface area contributed by atoms with Gasteiger partial charge in [0.05, 0.1) is 0 Å². The third-order valence-electron chi connectivity index (χ3n) is 3.28. The fraction of sp³-hybridized carbons (Fsp3) is 0.333. The highest BCUT2D eigenvalue weighted by atomic mass is 32.2. The number of carboxylic acids is 1. The lowest BCUT2D eigenvalue weighted by Crippen LogP contribution is -2.56. The van der Waals surface area contributed by atoms with Gasteiger partial charge in [0.25, 0.3) is 10.0 Å². The topological polar surface area (TPSA) is 113 Å². The second kappa shape index (κ2) is 5.10. The van der Waals surface area contributed by atoms with Crippen LogP contribution in [0.5, 0.6) is 0 Å². The number of fused-ring (bicyclic) bond motifs is 1. The predicted molar refractivity (Wildman–Crippen MR) is 72.2 cm³/mol. The maximum atomic E-state index is 12.6. The first-order valence-electron chi connectivity index (χ1n) is 6.31. The van der Waals surface area contributed by atoms with Crippen LogP contribution in [-0.2, 0) is 14.8 Å². The van der Waals surface area contributed by atoms with E-state index < -0.39 is 27.3 Å². The highest BCUT2D eigenvalue weighted by molar-refractivity contribution is 7.88. The second-order valence-electron chi connectivity index (χ2n) is 4.62. The van der Waals surface area contributed by atoms with E-state index in [1.54, 1.807) is 24.3 Å². The number of aliphatic carboxylic acids is 1. The van der Waals surface area contributed by atoms with Gasteiger partial charge in [-0.15, -0.1) is 0 Å². The second-order valence-corrected chi connectivity index (χ2v) is 6.39. The lowest BCUT2D eigenvalue weighted by atomic mass is 10.2. The Morgan fingerprint density at radius 3 is 2.90 bits per heavy atom. The number of benzene rings is 1. The van der Waals surface area contributed by atoms with Crippen molar-refractivity contribution in [2.45, 2.75) is 11.3 Å². The average molecular weight is 311 g/mol. The van der Waals surface area contributed by atoms with Crippen LogP contribution >= 0.6 is 0 Å². The SMILES string of the molecule is O=C(O)[C@@H]1CNCCN1S(=O)(=O)c1nc2ccccc2o1. The minimum absolute atomic E-state index is 0.0504. The standard InChI is InChI=1S/C12H13N3O5S/c16-11(17)9-7-13-5-6-15(9)21(18,19)12-14-8-3-1-2-4-10(8)20-12/h1-4,9,13H,5-7H2,(H,16,17)/t9-/m0/s1. The number of carbonyl (C=O) groups is 1. The van der Waals surface area contributed by atoms with Gasteiger partial charge in [-0.05, 0) is 12.1 Å². The predicted octanol–water partition coefficient (Wildman–Crippen LogP) is -0.125. The Morgan fingerprint density at radius 2 is 2.19 bits per heavy atom. The highest BCUT2D eigenvalue weighted by Crippen LogP contribution is 2.23. The molecule has 0 bridgehead atoms. The number of piperazine rings is 1. The Balaban J connectivity index is 2.04.